The lowest BCUT2D eigenvalue weighted by molar-refractivity contribution is -0.142. The molecule has 3 rings (SSSR count). The second-order valence-electron chi connectivity index (χ2n) is 5.89. The van der Waals surface area contributed by atoms with E-state index < -0.39 is 0 Å². The summed E-state index contributed by atoms with van der Waals surface area (Å²) < 4.78 is 10.0. The Hall–Kier alpha value is -2.85. The van der Waals surface area contributed by atoms with Crippen molar-refractivity contribution in [2.75, 3.05) is 13.7 Å². The van der Waals surface area contributed by atoms with Gasteiger partial charge >= 0.3 is 5.97 Å². The molecule has 152 valence electrons. The molecule has 10 heteroatoms. The van der Waals surface area contributed by atoms with Crippen molar-refractivity contribution in [2.45, 2.75) is 20.3 Å². The minimum atomic E-state index is -0.335. The molecular weight excluding hydrogens is 414 g/mol. The smallest absolute Gasteiger partial charge is 0.311 e. The third kappa shape index (κ3) is 5.15. The maximum Gasteiger partial charge on any atom is 0.311 e. The van der Waals surface area contributed by atoms with Gasteiger partial charge in [-0.05, 0) is 49.4 Å². The fraction of sp³-hybridized carbons (Fsp3) is 0.263. The number of aryl methyl sites for hydroxylation is 1. The lowest BCUT2D eigenvalue weighted by Gasteiger charge is -2.03. The average molecular weight is 434 g/mol. The largest absolute Gasteiger partial charge is 0.504 e. The molecule has 0 bridgehead atoms. The molecule has 1 amide bonds. The summed E-state index contributed by atoms with van der Waals surface area (Å²) in [5.41, 5.74) is 1.33. The van der Waals surface area contributed by atoms with Gasteiger partial charge in [0.15, 0.2) is 16.7 Å². The van der Waals surface area contributed by atoms with Crippen molar-refractivity contribution in [3.63, 3.8) is 0 Å². The number of hydrogen-bond donors (Lipinski definition) is 2. The molecule has 1 aromatic carbocycles. The topological polar surface area (TPSA) is 110 Å². The maximum atomic E-state index is 12.3. The summed E-state index contributed by atoms with van der Waals surface area (Å²) in [5, 5.41) is 13.2. The van der Waals surface area contributed by atoms with Crippen LogP contribution in [0, 0.1) is 6.92 Å². The van der Waals surface area contributed by atoms with Crippen molar-refractivity contribution >= 4 is 51.4 Å². The first-order chi connectivity index (χ1) is 13.9. The van der Waals surface area contributed by atoms with E-state index in [2.05, 4.69) is 15.3 Å². The molecule has 2 heterocycles. The van der Waals surface area contributed by atoms with Gasteiger partial charge in [-0.2, -0.15) is 4.99 Å². The first-order valence-corrected chi connectivity index (χ1v) is 10.3. The van der Waals surface area contributed by atoms with Crippen molar-refractivity contribution in [3.8, 4) is 11.5 Å². The highest BCUT2D eigenvalue weighted by Crippen LogP contribution is 2.32. The van der Waals surface area contributed by atoms with E-state index in [0.717, 1.165) is 4.88 Å². The van der Waals surface area contributed by atoms with Gasteiger partial charge in [-0.3, -0.25) is 9.59 Å². The summed E-state index contributed by atoms with van der Waals surface area (Å²) in [6.45, 7) is 3.93. The number of benzene rings is 1. The number of nitrogens with zero attached hydrogens (tertiary/aromatic N) is 2. The third-order valence-corrected chi connectivity index (χ3v) is 5.66. The number of phenolic OH excluding ortho intramolecular Hbond substituents is 1. The summed E-state index contributed by atoms with van der Waals surface area (Å²) in [6, 6.07) is 4.82. The number of amides is 1. The molecule has 1 aromatic heterocycles. The van der Waals surface area contributed by atoms with Crippen LogP contribution < -0.4 is 10.1 Å². The van der Waals surface area contributed by atoms with Gasteiger partial charge in [0.25, 0.3) is 5.91 Å². The van der Waals surface area contributed by atoms with Gasteiger partial charge in [-0.1, -0.05) is 17.4 Å². The van der Waals surface area contributed by atoms with Crippen LogP contribution in [0.2, 0.25) is 0 Å². The van der Waals surface area contributed by atoms with E-state index in [-0.39, 0.29) is 24.0 Å². The molecule has 0 unspecified atom stereocenters. The maximum absolute atomic E-state index is 12.3. The van der Waals surface area contributed by atoms with Crippen LogP contribution in [-0.2, 0) is 20.7 Å². The van der Waals surface area contributed by atoms with Crippen LogP contribution in [-0.4, -0.2) is 40.9 Å². The number of phenols is 1. The van der Waals surface area contributed by atoms with Crippen LogP contribution in [0.3, 0.4) is 0 Å². The lowest BCUT2D eigenvalue weighted by Crippen LogP contribution is -2.19. The quantitative estimate of drug-likeness (QED) is 0.532. The number of carbonyl (C=O) groups is 2. The molecule has 0 spiro atoms. The second kappa shape index (κ2) is 9.10. The molecule has 29 heavy (non-hydrogen) atoms. The number of nitrogens with one attached hydrogen (secondary N) is 1. The average Bonchev–Trinajstić information content (AvgIpc) is 3.18. The molecule has 1 saturated heterocycles. The van der Waals surface area contributed by atoms with Gasteiger partial charge in [0.2, 0.25) is 5.13 Å². The van der Waals surface area contributed by atoms with Crippen LogP contribution in [0.4, 0.5) is 5.13 Å². The summed E-state index contributed by atoms with van der Waals surface area (Å²) in [4.78, 5) is 34.0. The van der Waals surface area contributed by atoms with Crippen LogP contribution in [0.25, 0.3) is 6.08 Å². The molecule has 1 fully saturated rings. The summed E-state index contributed by atoms with van der Waals surface area (Å²) in [5.74, 6) is -0.263. The van der Waals surface area contributed by atoms with Crippen molar-refractivity contribution < 1.29 is 24.2 Å². The molecule has 2 N–H and O–H groups in total. The van der Waals surface area contributed by atoms with Crippen molar-refractivity contribution in [2.24, 2.45) is 4.99 Å². The van der Waals surface area contributed by atoms with E-state index >= 15 is 0 Å². The van der Waals surface area contributed by atoms with Gasteiger partial charge in [-0.25, -0.2) is 4.98 Å². The minimum Gasteiger partial charge on any atom is -0.504 e. The zero-order valence-corrected chi connectivity index (χ0v) is 17.6. The summed E-state index contributed by atoms with van der Waals surface area (Å²) in [7, 11) is 1.46. The van der Waals surface area contributed by atoms with Gasteiger partial charge in [0.05, 0.1) is 30.7 Å². The molecule has 0 radical (unpaired) electrons. The van der Waals surface area contributed by atoms with Crippen LogP contribution in [0.15, 0.2) is 28.1 Å². The molecule has 0 atom stereocenters. The van der Waals surface area contributed by atoms with Crippen molar-refractivity contribution in [1.29, 1.82) is 0 Å². The van der Waals surface area contributed by atoms with Crippen LogP contribution in [0.1, 0.15) is 23.1 Å². The fourth-order valence-electron chi connectivity index (χ4n) is 2.48. The predicted molar refractivity (Wildman–Crippen MR) is 113 cm³/mol. The molecule has 8 nitrogen and oxygen atoms in total. The Bertz CT molecular complexity index is 1010. The number of thioether (sulfide) groups is 1. The second-order valence-corrected chi connectivity index (χ2v) is 8.11. The highest BCUT2D eigenvalue weighted by molar-refractivity contribution is 8.18. The van der Waals surface area contributed by atoms with E-state index in [4.69, 9.17) is 9.47 Å². The van der Waals surface area contributed by atoms with Crippen molar-refractivity contribution in [1.82, 2.24) is 10.3 Å². The van der Waals surface area contributed by atoms with Gasteiger partial charge < -0.3 is 19.9 Å². The first-order valence-electron chi connectivity index (χ1n) is 8.68. The Morgan fingerprint density at radius 1 is 1.41 bits per heavy atom. The monoisotopic (exact) mass is 433 g/mol. The van der Waals surface area contributed by atoms with Gasteiger partial charge in [0.1, 0.15) is 0 Å². The molecular formula is C19H19N3O5S2. The molecule has 0 saturated carbocycles. The molecule has 1 aliphatic rings. The molecule has 0 aliphatic carbocycles. The van der Waals surface area contributed by atoms with Gasteiger partial charge in [-0.15, -0.1) is 0 Å². The normalized spacial score (nSPS) is 16.3. The Labute approximate surface area is 175 Å². The number of carbonyl (C=O) groups excluding carboxylic acids is 2. The predicted octanol–water partition coefficient (Wildman–Crippen LogP) is 3.16. The third-order valence-electron chi connectivity index (χ3n) is 3.85. The highest BCUT2D eigenvalue weighted by atomic mass is 32.2. The number of amidine groups is 1. The fourth-order valence-corrected chi connectivity index (χ4v) is 4.16. The van der Waals surface area contributed by atoms with Crippen molar-refractivity contribution in [3.05, 3.63) is 39.2 Å². The van der Waals surface area contributed by atoms with Gasteiger partial charge in [0, 0.05) is 4.88 Å². The number of methoxy groups -OCH3 is 1. The number of hydrogen-bond acceptors (Lipinski definition) is 9. The Morgan fingerprint density at radius 3 is 2.93 bits per heavy atom. The lowest BCUT2D eigenvalue weighted by atomic mass is 10.2. The van der Waals surface area contributed by atoms with E-state index in [1.54, 1.807) is 25.1 Å². The Morgan fingerprint density at radius 2 is 2.21 bits per heavy atom. The van der Waals surface area contributed by atoms with E-state index in [1.165, 1.54) is 36.3 Å². The zero-order chi connectivity index (χ0) is 21.0. The summed E-state index contributed by atoms with van der Waals surface area (Å²) in [6.07, 6.45) is 1.78. The number of aromatic hydroxyl groups is 1. The Balaban J connectivity index is 1.76. The number of ether oxygens (including phenoxy) is 2. The SMILES string of the molecule is CCOC(=O)Cc1nc(N=C2NC(=O)/C(=C/c3ccc(O)c(OC)c3)S2)sc1C. The van der Waals surface area contributed by atoms with E-state index in [0.29, 0.717) is 38.8 Å². The van der Waals surface area contributed by atoms with E-state index in [1.807, 2.05) is 6.92 Å². The molecule has 1 aliphatic heterocycles. The minimum absolute atomic E-state index is 0.0261. The number of thiazole rings is 1. The van der Waals surface area contributed by atoms with Crippen LogP contribution in [0.5, 0.6) is 11.5 Å². The van der Waals surface area contributed by atoms with Crippen LogP contribution >= 0.6 is 23.1 Å². The summed E-state index contributed by atoms with van der Waals surface area (Å²) >= 11 is 2.52. The number of aliphatic imine (C=N–C) groups is 1. The number of esters is 1. The first kappa shape index (κ1) is 20.9. The number of rotatable bonds is 6. The highest BCUT2D eigenvalue weighted by Gasteiger charge is 2.24. The zero-order valence-electron chi connectivity index (χ0n) is 16.0. The van der Waals surface area contributed by atoms with E-state index in [9.17, 15) is 14.7 Å². The number of aromatic nitrogens is 1. The Kier molecular flexibility index (Phi) is 6.55. The molecule has 2 aromatic rings. The standard InChI is InChI=1S/C19H19N3O5S2/c1-4-27-16(24)9-12-10(2)28-18(20-12)22-19-21-17(25)15(29-19)8-11-5-6-13(23)14(7-11)26-3/h5-8,23H,4,9H2,1-3H3,(H,20,21,22,25)/b15-8-.